The summed E-state index contributed by atoms with van der Waals surface area (Å²) in [5.41, 5.74) is 1.24. The Morgan fingerprint density at radius 3 is 2.17 bits per heavy atom. The molecule has 2 aromatic carbocycles. The van der Waals surface area contributed by atoms with E-state index in [-0.39, 0.29) is 16.5 Å². The van der Waals surface area contributed by atoms with Gasteiger partial charge in [0.1, 0.15) is 5.75 Å². The molecular formula is C25H32N4O5S. The van der Waals surface area contributed by atoms with Gasteiger partial charge in [-0.05, 0) is 54.8 Å². The molecule has 0 aliphatic rings. The summed E-state index contributed by atoms with van der Waals surface area (Å²) < 4.78 is 38.4. The number of unbranched alkanes of at least 4 members (excludes halogenated alkanes) is 2. The van der Waals surface area contributed by atoms with Gasteiger partial charge in [-0.3, -0.25) is 10.1 Å². The number of amides is 1. The first kappa shape index (κ1) is 26.4. The fourth-order valence-corrected chi connectivity index (χ4v) is 4.93. The van der Waals surface area contributed by atoms with Gasteiger partial charge in [-0.15, -0.1) is 5.10 Å². The highest BCUT2D eigenvalue weighted by Crippen LogP contribution is 2.19. The van der Waals surface area contributed by atoms with Crippen molar-refractivity contribution in [3.05, 3.63) is 65.5 Å². The molecule has 1 N–H and O–H groups in total. The molecule has 0 saturated heterocycles. The first-order chi connectivity index (χ1) is 16.9. The lowest BCUT2D eigenvalue weighted by atomic mass is 10.1. The topological polar surface area (TPSA) is 115 Å². The largest absolute Gasteiger partial charge is 0.497 e. The third-order valence-electron chi connectivity index (χ3n) is 5.48. The number of ether oxygens (including phenoxy) is 1. The number of rotatable bonds is 13. The Morgan fingerprint density at radius 2 is 1.60 bits per heavy atom. The van der Waals surface area contributed by atoms with Crippen molar-refractivity contribution in [2.75, 3.05) is 25.5 Å². The maximum absolute atomic E-state index is 13.1. The van der Waals surface area contributed by atoms with E-state index < -0.39 is 15.9 Å². The van der Waals surface area contributed by atoms with Gasteiger partial charge in [0, 0.05) is 18.7 Å². The molecule has 1 amide bonds. The van der Waals surface area contributed by atoms with E-state index in [0.29, 0.717) is 25.4 Å². The summed E-state index contributed by atoms with van der Waals surface area (Å²) in [6.07, 6.45) is 3.83. The van der Waals surface area contributed by atoms with Crippen molar-refractivity contribution in [1.29, 1.82) is 0 Å². The molecule has 0 atom stereocenters. The molecular weight excluding hydrogens is 468 g/mol. The van der Waals surface area contributed by atoms with E-state index in [2.05, 4.69) is 15.5 Å². The summed E-state index contributed by atoms with van der Waals surface area (Å²) in [6.45, 7) is 5.03. The quantitative estimate of drug-likeness (QED) is 0.367. The molecule has 3 rings (SSSR count). The van der Waals surface area contributed by atoms with Crippen LogP contribution in [0.5, 0.6) is 5.75 Å². The average molecular weight is 501 g/mol. The van der Waals surface area contributed by atoms with E-state index in [4.69, 9.17) is 9.15 Å². The van der Waals surface area contributed by atoms with E-state index in [1.165, 1.54) is 28.6 Å². The summed E-state index contributed by atoms with van der Waals surface area (Å²) >= 11 is 0. The lowest BCUT2D eigenvalue weighted by Crippen LogP contribution is -2.33. The molecule has 0 aliphatic heterocycles. The van der Waals surface area contributed by atoms with Crippen LogP contribution in [0.2, 0.25) is 0 Å². The zero-order chi connectivity index (χ0) is 25.3. The van der Waals surface area contributed by atoms with Crippen molar-refractivity contribution >= 4 is 21.9 Å². The molecule has 35 heavy (non-hydrogen) atoms. The van der Waals surface area contributed by atoms with Crippen LogP contribution in [0, 0.1) is 0 Å². The molecule has 0 saturated carbocycles. The van der Waals surface area contributed by atoms with Gasteiger partial charge >= 0.3 is 6.01 Å². The summed E-state index contributed by atoms with van der Waals surface area (Å²) in [7, 11) is -2.02. The molecule has 0 spiro atoms. The summed E-state index contributed by atoms with van der Waals surface area (Å²) in [6, 6.07) is 13.3. The SMILES string of the molecule is CCCCN(CCCC)S(=O)(=O)c1ccc(C(=O)Nc2nnc(Cc3ccc(OC)cc3)o2)cc1. The van der Waals surface area contributed by atoms with Crippen LogP contribution >= 0.6 is 0 Å². The Labute approximate surface area is 206 Å². The van der Waals surface area contributed by atoms with Gasteiger partial charge in [0.15, 0.2) is 0 Å². The maximum Gasteiger partial charge on any atom is 0.322 e. The number of nitrogens with one attached hydrogen (secondary N) is 1. The Kier molecular flexibility index (Phi) is 9.39. The minimum absolute atomic E-state index is 0.0273. The van der Waals surface area contributed by atoms with Crippen LogP contribution in [0.3, 0.4) is 0 Å². The van der Waals surface area contributed by atoms with Crippen LogP contribution < -0.4 is 10.1 Å². The predicted molar refractivity (Wildman–Crippen MR) is 133 cm³/mol. The minimum Gasteiger partial charge on any atom is -0.497 e. The lowest BCUT2D eigenvalue weighted by Gasteiger charge is -2.22. The molecule has 0 aliphatic carbocycles. The first-order valence-corrected chi connectivity index (χ1v) is 13.2. The van der Waals surface area contributed by atoms with Gasteiger partial charge in [0.2, 0.25) is 15.9 Å². The number of benzene rings is 2. The zero-order valence-corrected chi connectivity index (χ0v) is 21.2. The van der Waals surface area contributed by atoms with Gasteiger partial charge in [0.25, 0.3) is 5.91 Å². The number of carbonyl (C=O) groups is 1. The number of hydrogen-bond donors (Lipinski definition) is 1. The number of carbonyl (C=O) groups excluding carboxylic acids is 1. The molecule has 0 radical (unpaired) electrons. The van der Waals surface area contributed by atoms with Gasteiger partial charge < -0.3 is 9.15 Å². The molecule has 1 aromatic heterocycles. The Balaban J connectivity index is 1.64. The van der Waals surface area contributed by atoms with Crippen LogP contribution in [-0.2, 0) is 16.4 Å². The molecule has 1 heterocycles. The lowest BCUT2D eigenvalue weighted by molar-refractivity contribution is 0.102. The van der Waals surface area contributed by atoms with Crippen LogP contribution in [0.1, 0.15) is 61.3 Å². The molecule has 9 nitrogen and oxygen atoms in total. The normalized spacial score (nSPS) is 11.5. The third-order valence-corrected chi connectivity index (χ3v) is 7.39. The van der Waals surface area contributed by atoms with Crippen LogP contribution in [-0.4, -0.2) is 49.0 Å². The van der Waals surface area contributed by atoms with Gasteiger partial charge in [-0.1, -0.05) is 43.9 Å². The third kappa shape index (κ3) is 7.12. The fourth-order valence-electron chi connectivity index (χ4n) is 3.41. The highest BCUT2D eigenvalue weighted by atomic mass is 32.2. The Bertz CT molecular complexity index is 1180. The Morgan fingerprint density at radius 1 is 0.971 bits per heavy atom. The molecule has 188 valence electrons. The van der Waals surface area contributed by atoms with E-state index in [1.54, 1.807) is 7.11 Å². The Hall–Kier alpha value is -3.24. The first-order valence-electron chi connectivity index (χ1n) is 11.7. The number of nitrogens with zero attached hydrogens (tertiary/aromatic N) is 3. The van der Waals surface area contributed by atoms with E-state index in [1.807, 2.05) is 38.1 Å². The van der Waals surface area contributed by atoms with Crippen LogP contribution in [0.25, 0.3) is 0 Å². The summed E-state index contributed by atoms with van der Waals surface area (Å²) in [5.74, 6) is 0.634. The van der Waals surface area contributed by atoms with E-state index in [0.717, 1.165) is 37.0 Å². The number of sulfonamides is 1. The molecule has 3 aromatic rings. The monoisotopic (exact) mass is 500 g/mol. The number of methoxy groups -OCH3 is 1. The molecule has 0 bridgehead atoms. The average Bonchev–Trinajstić information content (AvgIpc) is 3.31. The van der Waals surface area contributed by atoms with Gasteiger partial charge in [0.05, 0.1) is 18.4 Å². The highest BCUT2D eigenvalue weighted by molar-refractivity contribution is 7.89. The number of anilines is 1. The van der Waals surface area contributed by atoms with Gasteiger partial charge in [-0.25, -0.2) is 8.42 Å². The molecule has 0 fully saturated rings. The number of hydrogen-bond acceptors (Lipinski definition) is 7. The summed E-state index contributed by atoms with van der Waals surface area (Å²) in [5, 5.41) is 10.4. The zero-order valence-electron chi connectivity index (χ0n) is 20.4. The standard InChI is InChI=1S/C25H32N4O5S/c1-4-6-16-29(17-7-5-2)35(31,32)22-14-10-20(11-15-22)24(30)26-25-28-27-23(34-25)18-19-8-12-21(33-3)13-9-19/h8-15H,4-7,16-18H2,1-3H3,(H,26,28,30). The van der Waals surface area contributed by atoms with Crippen LogP contribution in [0.15, 0.2) is 57.8 Å². The fraction of sp³-hybridized carbons (Fsp3) is 0.400. The van der Waals surface area contributed by atoms with Crippen molar-refractivity contribution in [3.8, 4) is 5.75 Å². The second-order valence-corrected chi connectivity index (χ2v) is 10.1. The predicted octanol–water partition coefficient (Wildman–Crippen LogP) is 4.51. The molecule has 0 unspecified atom stereocenters. The highest BCUT2D eigenvalue weighted by Gasteiger charge is 2.24. The second-order valence-electron chi connectivity index (χ2n) is 8.12. The minimum atomic E-state index is -3.62. The second kappa shape index (κ2) is 12.5. The van der Waals surface area contributed by atoms with Crippen molar-refractivity contribution < 1.29 is 22.4 Å². The van der Waals surface area contributed by atoms with Crippen LogP contribution in [0.4, 0.5) is 6.01 Å². The van der Waals surface area contributed by atoms with E-state index in [9.17, 15) is 13.2 Å². The van der Waals surface area contributed by atoms with Crippen molar-refractivity contribution in [2.24, 2.45) is 0 Å². The maximum atomic E-state index is 13.1. The smallest absolute Gasteiger partial charge is 0.322 e. The van der Waals surface area contributed by atoms with Crippen molar-refractivity contribution in [2.45, 2.75) is 50.8 Å². The van der Waals surface area contributed by atoms with Crippen molar-refractivity contribution in [3.63, 3.8) is 0 Å². The van der Waals surface area contributed by atoms with Gasteiger partial charge in [-0.2, -0.15) is 4.31 Å². The molecule has 10 heteroatoms. The summed E-state index contributed by atoms with van der Waals surface area (Å²) in [4.78, 5) is 12.8. The van der Waals surface area contributed by atoms with E-state index >= 15 is 0 Å². The number of aromatic nitrogens is 2. The van der Waals surface area contributed by atoms with Crippen molar-refractivity contribution in [1.82, 2.24) is 14.5 Å².